The van der Waals surface area contributed by atoms with Gasteiger partial charge in [-0.05, 0) is 11.1 Å². The van der Waals surface area contributed by atoms with Crippen molar-refractivity contribution in [2.24, 2.45) is 0 Å². The van der Waals surface area contributed by atoms with Crippen molar-refractivity contribution in [3.63, 3.8) is 0 Å². The molecular formula is C17H16N2O. The third-order valence-corrected chi connectivity index (χ3v) is 3.42. The minimum absolute atomic E-state index is 0.0177. The van der Waals surface area contributed by atoms with Gasteiger partial charge in [-0.2, -0.15) is 0 Å². The first kappa shape index (κ1) is 12.6. The molecule has 3 nitrogen and oxygen atoms in total. The van der Waals surface area contributed by atoms with Gasteiger partial charge >= 0.3 is 0 Å². The molecule has 0 atom stereocenters. The summed E-state index contributed by atoms with van der Waals surface area (Å²) in [5, 5.41) is 9.49. The Labute approximate surface area is 118 Å². The summed E-state index contributed by atoms with van der Waals surface area (Å²) in [7, 11) is 0. The highest BCUT2D eigenvalue weighted by Gasteiger charge is 2.17. The van der Waals surface area contributed by atoms with E-state index in [9.17, 15) is 5.11 Å². The van der Waals surface area contributed by atoms with Crippen LogP contribution >= 0.6 is 0 Å². The third-order valence-electron chi connectivity index (χ3n) is 3.42. The van der Waals surface area contributed by atoms with Crippen LogP contribution in [0.2, 0.25) is 0 Å². The van der Waals surface area contributed by atoms with Crippen molar-refractivity contribution in [2.45, 2.75) is 12.6 Å². The number of hydrogen-bond donors (Lipinski definition) is 1. The molecule has 1 aromatic heterocycles. The van der Waals surface area contributed by atoms with Crippen LogP contribution in [0, 0.1) is 0 Å². The fraction of sp³-hybridized carbons (Fsp3) is 0.118. The maximum atomic E-state index is 9.49. The van der Waals surface area contributed by atoms with E-state index >= 15 is 0 Å². The molecule has 3 aromatic rings. The number of aliphatic hydroxyl groups excluding tert-OH is 1. The molecular weight excluding hydrogens is 248 g/mol. The molecule has 0 aliphatic rings. The maximum absolute atomic E-state index is 9.49. The molecule has 0 aliphatic carbocycles. The first-order valence-corrected chi connectivity index (χ1v) is 6.61. The minimum Gasteiger partial charge on any atom is -0.390 e. The van der Waals surface area contributed by atoms with Gasteiger partial charge in [0, 0.05) is 0 Å². The summed E-state index contributed by atoms with van der Waals surface area (Å²) in [5.41, 5.74) is 3.15. The zero-order chi connectivity index (χ0) is 13.8. The topological polar surface area (TPSA) is 38.1 Å². The maximum Gasteiger partial charge on any atom is 0.0957 e. The summed E-state index contributed by atoms with van der Waals surface area (Å²) in [6.45, 7) is -0.0177. The van der Waals surface area contributed by atoms with E-state index in [1.807, 2.05) is 41.0 Å². The zero-order valence-corrected chi connectivity index (χ0v) is 11.1. The van der Waals surface area contributed by atoms with E-state index in [1.165, 1.54) is 11.1 Å². The van der Waals surface area contributed by atoms with Gasteiger partial charge in [-0.1, -0.05) is 60.7 Å². The predicted molar refractivity (Wildman–Crippen MR) is 78.3 cm³/mol. The highest BCUT2D eigenvalue weighted by Crippen LogP contribution is 2.27. The van der Waals surface area contributed by atoms with E-state index in [2.05, 4.69) is 29.2 Å². The van der Waals surface area contributed by atoms with Gasteiger partial charge < -0.3 is 9.67 Å². The molecule has 0 fully saturated rings. The highest BCUT2D eigenvalue weighted by atomic mass is 16.3. The molecule has 1 N–H and O–H groups in total. The number of imidazole rings is 1. The van der Waals surface area contributed by atoms with Crippen LogP contribution in [0.1, 0.15) is 22.9 Å². The second-order valence-electron chi connectivity index (χ2n) is 4.67. The fourth-order valence-corrected chi connectivity index (χ4v) is 2.47. The summed E-state index contributed by atoms with van der Waals surface area (Å²) in [5.74, 6) is 0. The van der Waals surface area contributed by atoms with Gasteiger partial charge in [-0.15, -0.1) is 0 Å². The number of aromatic nitrogens is 2. The summed E-state index contributed by atoms with van der Waals surface area (Å²) >= 11 is 0. The lowest BCUT2D eigenvalue weighted by atomic mass is 9.98. The van der Waals surface area contributed by atoms with Gasteiger partial charge in [0.25, 0.3) is 0 Å². The molecule has 100 valence electrons. The second-order valence-corrected chi connectivity index (χ2v) is 4.67. The number of benzene rings is 2. The van der Waals surface area contributed by atoms with E-state index < -0.39 is 0 Å². The normalized spacial score (nSPS) is 10.9. The average molecular weight is 264 g/mol. The summed E-state index contributed by atoms with van der Waals surface area (Å²) in [6.07, 6.45) is 3.48. The van der Waals surface area contributed by atoms with Crippen molar-refractivity contribution in [3.8, 4) is 0 Å². The Balaban J connectivity index is 2.14. The zero-order valence-electron chi connectivity index (χ0n) is 11.1. The Morgan fingerprint density at radius 3 is 1.95 bits per heavy atom. The molecule has 20 heavy (non-hydrogen) atoms. The van der Waals surface area contributed by atoms with Crippen LogP contribution in [-0.4, -0.2) is 14.7 Å². The van der Waals surface area contributed by atoms with Gasteiger partial charge in [0.15, 0.2) is 0 Å². The number of hydrogen-bond acceptors (Lipinski definition) is 2. The lowest BCUT2D eigenvalue weighted by molar-refractivity contribution is 0.270. The Hall–Kier alpha value is -2.39. The van der Waals surface area contributed by atoms with Gasteiger partial charge in [0.1, 0.15) is 0 Å². The van der Waals surface area contributed by atoms with E-state index in [0.717, 1.165) is 5.69 Å². The Morgan fingerprint density at radius 2 is 1.45 bits per heavy atom. The summed E-state index contributed by atoms with van der Waals surface area (Å²) in [4.78, 5) is 4.17. The number of aliphatic hydroxyl groups is 1. The van der Waals surface area contributed by atoms with Gasteiger partial charge in [0.2, 0.25) is 0 Å². The highest BCUT2D eigenvalue weighted by molar-refractivity contribution is 5.33. The van der Waals surface area contributed by atoms with Crippen molar-refractivity contribution in [1.82, 2.24) is 9.55 Å². The van der Waals surface area contributed by atoms with Crippen LogP contribution in [0.15, 0.2) is 73.2 Å². The van der Waals surface area contributed by atoms with E-state index in [0.29, 0.717) is 0 Å². The molecule has 0 aliphatic heterocycles. The standard InChI is InChI=1S/C17H16N2O/c20-12-16-11-18-13-19(16)17(14-7-3-1-4-8-14)15-9-5-2-6-10-15/h1-11,13,17,20H,12H2. The molecule has 0 radical (unpaired) electrons. The van der Waals surface area contributed by atoms with Crippen LogP contribution in [-0.2, 0) is 6.61 Å². The van der Waals surface area contributed by atoms with Crippen molar-refractivity contribution in [1.29, 1.82) is 0 Å². The van der Waals surface area contributed by atoms with Crippen LogP contribution in [0.3, 0.4) is 0 Å². The fourth-order valence-electron chi connectivity index (χ4n) is 2.47. The van der Waals surface area contributed by atoms with Crippen LogP contribution in [0.5, 0.6) is 0 Å². The summed E-state index contributed by atoms with van der Waals surface area (Å²) in [6, 6.07) is 20.5. The van der Waals surface area contributed by atoms with Crippen molar-refractivity contribution < 1.29 is 5.11 Å². The Morgan fingerprint density at radius 1 is 0.900 bits per heavy atom. The molecule has 1 heterocycles. The van der Waals surface area contributed by atoms with Crippen LogP contribution in [0.4, 0.5) is 0 Å². The molecule has 0 saturated heterocycles. The molecule has 2 aromatic carbocycles. The third kappa shape index (κ3) is 2.36. The first-order valence-electron chi connectivity index (χ1n) is 6.61. The van der Waals surface area contributed by atoms with E-state index in [4.69, 9.17) is 0 Å². The van der Waals surface area contributed by atoms with Crippen molar-refractivity contribution >= 4 is 0 Å². The van der Waals surface area contributed by atoms with Crippen molar-refractivity contribution in [2.75, 3.05) is 0 Å². The minimum atomic E-state index is -0.0177. The Bertz CT molecular complexity index is 622. The molecule has 0 bridgehead atoms. The largest absolute Gasteiger partial charge is 0.390 e. The number of rotatable bonds is 4. The summed E-state index contributed by atoms with van der Waals surface area (Å²) < 4.78 is 2.02. The van der Waals surface area contributed by atoms with Gasteiger partial charge in [0.05, 0.1) is 30.9 Å². The quantitative estimate of drug-likeness (QED) is 0.786. The molecule has 0 spiro atoms. The van der Waals surface area contributed by atoms with Crippen LogP contribution in [0.25, 0.3) is 0 Å². The first-order chi connectivity index (χ1) is 9.90. The molecule has 0 saturated carbocycles. The van der Waals surface area contributed by atoms with E-state index in [-0.39, 0.29) is 12.6 Å². The predicted octanol–water partition coefficient (Wildman–Crippen LogP) is 3.01. The smallest absolute Gasteiger partial charge is 0.0957 e. The lowest BCUT2D eigenvalue weighted by Crippen LogP contribution is -2.14. The average Bonchev–Trinajstić information content (AvgIpc) is 2.98. The molecule has 3 rings (SSSR count). The second kappa shape index (κ2) is 5.72. The van der Waals surface area contributed by atoms with Gasteiger partial charge in [-0.25, -0.2) is 4.98 Å². The van der Waals surface area contributed by atoms with Crippen molar-refractivity contribution in [3.05, 3.63) is 90.0 Å². The molecule has 0 amide bonds. The molecule has 3 heteroatoms. The monoisotopic (exact) mass is 264 g/mol. The lowest BCUT2D eigenvalue weighted by Gasteiger charge is -2.21. The molecule has 0 unspecified atom stereocenters. The SMILES string of the molecule is OCc1cncn1C(c1ccccc1)c1ccccc1. The van der Waals surface area contributed by atoms with E-state index in [1.54, 1.807) is 12.5 Å². The van der Waals surface area contributed by atoms with Crippen LogP contribution < -0.4 is 0 Å². The van der Waals surface area contributed by atoms with Gasteiger partial charge in [-0.3, -0.25) is 0 Å². The Kier molecular flexibility index (Phi) is 3.61. The number of nitrogens with zero attached hydrogens (tertiary/aromatic N) is 2.